The Balaban J connectivity index is 1.60. The summed E-state index contributed by atoms with van der Waals surface area (Å²) in [5.41, 5.74) is 1.53. The van der Waals surface area contributed by atoms with Crippen molar-refractivity contribution in [2.75, 3.05) is 13.2 Å². The van der Waals surface area contributed by atoms with E-state index in [4.69, 9.17) is 25.8 Å². The molecule has 0 unspecified atom stereocenters. The van der Waals surface area contributed by atoms with Crippen LogP contribution in [-0.2, 0) is 4.74 Å². The lowest BCUT2D eigenvalue weighted by Gasteiger charge is -2.23. The molecular formula is C22H17ClF2N4O3. The molecule has 4 aromatic rings. The normalized spacial score (nSPS) is 14.6. The van der Waals surface area contributed by atoms with E-state index in [-0.39, 0.29) is 23.7 Å². The summed E-state index contributed by atoms with van der Waals surface area (Å²) in [5, 5.41) is 8.24. The lowest BCUT2D eigenvalue weighted by molar-refractivity contribution is 0.0242. The molecule has 0 radical (unpaired) electrons. The average Bonchev–Trinajstić information content (AvgIpc) is 3.21. The molecule has 0 spiro atoms. The van der Waals surface area contributed by atoms with Crippen molar-refractivity contribution in [2.45, 2.75) is 18.9 Å². The van der Waals surface area contributed by atoms with Crippen LogP contribution >= 0.6 is 11.6 Å². The first-order valence-corrected chi connectivity index (χ1v) is 10.3. The van der Waals surface area contributed by atoms with Gasteiger partial charge in [0.05, 0.1) is 18.2 Å². The van der Waals surface area contributed by atoms with Gasteiger partial charge in [-0.25, -0.2) is 8.78 Å². The molecule has 0 bridgehead atoms. The van der Waals surface area contributed by atoms with E-state index < -0.39 is 11.6 Å². The van der Waals surface area contributed by atoms with E-state index in [1.165, 1.54) is 6.07 Å². The van der Waals surface area contributed by atoms with Crippen molar-refractivity contribution in [3.05, 3.63) is 59.1 Å². The highest BCUT2D eigenvalue weighted by molar-refractivity contribution is 6.33. The molecule has 1 N–H and O–H groups in total. The van der Waals surface area contributed by atoms with Crippen molar-refractivity contribution in [3.63, 3.8) is 0 Å². The van der Waals surface area contributed by atoms with E-state index in [1.54, 1.807) is 6.07 Å². The molecule has 3 heterocycles. The predicted octanol–water partition coefficient (Wildman–Crippen LogP) is 5.30. The monoisotopic (exact) mass is 458 g/mol. The van der Waals surface area contributed by atoms with Crippen LogP contribution in [0.5, 0.6) is 17.6 Å². The minimum absolute atomic E-state index is 0.133. The quantitative estimate of drug-likeness (QED) is 0.437. The predicted molar refractivity (Wildman–Crippen MR) is 113 cm³/mol. The van der Waals surface area contributed by atoms with Crippen LogP contribution in [0, 0.1) is 11.6 Å². The number of halogens is 3. The van der Waals surface area contributed by atoms with E-state index in [1.807, 2.05) is 18.2 Å². The molecule has 5 rings (SSSR count). The topological polar surface area (TPSA) is 82.1 Å². The van der Waals surface area contributed by atoms with Crippen molar-refractivity contribution in [1.82, 2.24) is 20.2 Å². The SMILES string of the molecule is Fc1ccc(Oc2nc(OC3CCOCC3)c3c(-c4ccccc4Cl)n[nH]c3n2)c(F)c1. The first kappa shape index (κ1) is 20.6. The highest BCUT2D eigenvalue weighted by Gasteiger charge is 2.24. The molecule has 2 aromatic carbocycles. The van der Waals surface area contributed by atoms with Gasteiger partial charge in [0, 0.05) is 24.5 Å². The molecule has 10 heteroatoms. The van der Waals surface area contributed by atoms with Crippen LogP contribution in [0.2, 0.25) is 5.02 Å². The van der Waals surface area contributed by atoms with E-state index in [9.17, 15) is 8.78 Å². The maximum absolute atomic E-state index is 14.1. The molecule has 1 aliphatic heterocycles. The van der Waals surface area contributed by atoms with Gasteiger partial charge in [0.1, 0.15) is 23.0 Å². The van der Waals surface area contributed by atoms with Crippen molar-refractivity contribution in [2.24, 2.45) is 0 Å². The van der Waals surface area contributed by atoms with Gasteiger partial charge in [0.2, 0.25) is 5.88 Å². The van der Waals surface area contributed by atoms with Crippen LogP contribution in [0.3, 0.4) is 0 Å². The molecule has 0 atom stereocenters. The zero-order valence-electron chi connectivity index (χ0n) is 16.6. The second-order valence-electron chi connectivity index (χ2n) is 7.19. The largest absolute Gasteiger partial charge is 0.473 e. The van der Waals surface area contributed by atoms with Crippen molar-refractivity contribution in [1.29, 1.82) is 0 Å². The summed E-state index contributed by atoms with van der Waals surface area (Å²) in [5.74, 6) is -1.58. The number of hydrogen-bond donors (Lipinski definition) is 1. The van der Waals surface area contributed by atoms with Gasteiger partial charge < -0.3 is 14.2 Å². The summed E-state index contributed by atoms with van der Waals surface area (Å²) >= 11 is 6.38. The number of rotatable bonds is 5. The molecule has 0 amide bonds. The molecule has 0 saturated carbocycles. The molecule has 164 valence electrons. The van der Waals surface area contributed by atoms with Crippen molar-refractivity contribution < 1.29 is 23.0 Å². The van der Waals surface area contributed by atoms with Gasteiger partial charge in [-0.2, -0.15) is 15.1 Å². The number of benzene rings is 2. The summed E-state index contributed by atoms with van der Waals surface area (Å²) in [4.78, 5) is 8.69. The third-order valence-corrected chi connectivity index (χ3v) is 5.37. The zero-order valence-corrected chi connectivity index (χ0v) is 17.4. The number of aromatic nitrogens is 4. The fourth-order valence-corrected chi connectivity index (χ4v) is 3.69. The highest BCUT2D eigenvalue weighted by atomic mass is 35.5. The Labute approximate surface area is 186 Å². The van der Waals surface area contributed by atoms with Crippen molar-refractivity contribution in [3.8, 4) is 28.9 Å². The second kappa shape index (κ2) is 8.68. The summed E-state index contributed by atoms with van der Waals surface area (Å²) in [7, 11) is 0. The number of nitrogens with zero attached hydrogens (tertiary/aromatic N) is 3. The molecule has 1 fully saturated rings. The van der Waals surface area contributed by atoms with Crippen LogP contribution in [0.1, 0.15) is 12.8 Å². The van der Waals surface area contributed by atoms with Gasteiger partial charge in [-0.1, -0.05) is 29.8 Å². The summed E-state index contributed by atoms with van der Waals surface area (Å²) < 4.78 is 44.4. The van der Waals surface area contributed by atoms with Gasteiger partial charge in [-0.05, 0) is 18.2 Å². The lowest BCUT2D eigenvalue weighted by atomic mass is 10.1. The third kappa shape index (κ3) is 4.09. The Morgan fingerprint density at radius 1 is 1.06 bits per heavy atom. The Hall–Kier alpha value is -3.30. The third-order valence-electron chi connectivity index (χ3n) is 5.04. The molecule has 1 aliphatic rings. The number of hydrogen-bond acceptors (Lipinski definition) is 6. The minimum Gasteiger partial charge on any atom is -0.473 e. The van der Waals surface area contributed by atoms with Gasteiger partial charge in [0.15, 0.2) is 17.2 Å². The smallest absolute Gasteiger partial charge is 0.327 e. The Bertz CT molecular complexity index is 1280. The fraction of sp³-hybridized carbons (Fsp3) is 0.227. The van der Waals surface area contributed by atoms with Gasteiger partial charge >= 0.3 is 6.01 Å². The minimum atomic E-state index is -0.873. The van der Waals surface area contributed by atoms with Crippen LogP contribution in [0.4, 0.5) is 8.78 Å². The number of nitrogens with one attached hydrogen (secondary N) is 1. The summed E-state index contributed by atoms with van der Waals surface area (Å²) in [6, 6.07) is 10.1. The summed E-state index contributed by atoms with van der Waals surface area (Å²) in [6.07, 6.45) is 1.24. The van der Waals surface area contributed by atoms with Gasteiger partial charge in [-0.15, -0.1) is 0 Å². The van der Waals surface area contributed by atoms with Crippen molar-refractivity contribution >= 4 is 22.6 Å². The molecule has 7 nitrogen and oxygen atoms in total. The number of aromatic amines is 1. The molecule has 0 aliphatic carbocycles. The van der Waals surface area contributed by atoms with Crippen LogP contribution in [0.15, 0.2) is 42.5 Å². The lowest BCUT2D eigenvalue weighted by Crippen LogP contribution is -2.26. The molecule has 32 heavy (non-hydrogen) atoms. The second-order valence-corrected chi connectivity index (χ2v) is 7.60. The van der Waals surface area contributed by atoms with Crippen LogP contribution < -0.4 is 9.47 Å². The molecular weight excluding hydrogens is 442 g/mol. The van der Waals surface area contributed by atoms with E-state index in [0.717, 1.165) is 12.1 Å². The standard InChI is InChI=1S/C22H17ClF2N4O3/c23-15-4-2-1-3-14(15)19-18-20(29-28-19)26-22(32-17-6-5-12(24)11-16(17)25)27-21(18)31-13-7-9-30-10-8-13/h1-6,11,13H,7-10H2,(H,26,27,28,29). The molecule has 1 saturated heterocycles. The van der Waals surface area contributed by atoms with E-state index in [2.05, 4.69) is 20.2 Å². The van der Waals surface area contributed by atoms with Gasteiger partial charge in [0.25, 0.3) is 0 Å². The maximum atomic E-state index is 14.1. The van der Waals surface area contributed by atoms with Crippen LogP contribution in [0.25, 0.3) is 22.3 Å². The highest BCUT2D eigenvalue weighted by Crippen LogP contribution is 2.37. The summed E-state index contributed by atoms with van der Waals surface area (Å²) in [6.45, 7) is 1.15. The number of fused-ring (bicyclic) bond motifs is 1. The first-order chi connectivity index (χ1) is 15.6. The Morgan fingerprint density at radius 2 is 1.88 bits per heavy atom. The number of H-pyrrole nitrogens is 1. The fourth-order valence-electron chi connectivity index (χ4n) is 3.47. The zero-order chi connectivity index (χ0) is 22.1. The first-order valence-electron chi connectivity index (χ1n) is 9.97. The average molecular weight is 459 g/mol. The van der Waals surface area contributed by atoms with Gasteiger partial charge in [-0.3, -0.25) is 5.10 Å². The molecule has 2 aromatic heterocycles. The number of ether oxygens (including phenoxy) is 3. The van der Waals surface area contributed by atoms with E-state index >= 15 is 0 Å². The maximum Gasteiger partial charge on any atom is 0.327 e. The van der Waals surface area contributed by atoms with E-state index in [0.29, 0.717) is 53.4 Å². The van der Waals surface area contributed by atoms with Crippen LogP contribution in [-0.4, -0.2) is 39.5 Å². The Kier molecular flexibility index (Phi) is 5.59. The Morgan fingerprint density at radius 3 is 2.66 bits per heavy atom.